The maximum absolute atomic E-state index is 13.2. The molecule has 0 aliphatic heterocycles. The van der Waals surface area contributed by atoms with Crippen LogP contribution in [0.2, 0.25) is 18.1 Å². The van der Waals surface area contributed by atoms with E-state index in [0.29, 0.717) is 0 Å². The minimum atomic E-state index is -1.97. The van der Waals surface area contributed by atoms with Crippen LogP contribution < -0.4 is 5.32 Å². The molecule has 0 saturated heterocycles. The molecule has 0 spiro atoms. The summed E-state index contributed by atoms with van der Waals surface area (Å²) in [5.74, 6) is -2.30. The van der Waals surface area contributed by atoms with Gasteiger partial charge in [0, 0.05) is 18.6 Å². The standard InChI is InChI=1S/C17H26FNO4Si/c1-17(2,3)24(4,5)23-10-9-14(16(21)22)19-15(20)12-7-6-8-13(18)11-12/h6-8,11,14H,9-10H2,1-5H3,(H,19,20)(H,21,22)/t14-/m0/s1. The highest BCUT2D eigenvalue weighted by molar-refractivity contribution is 6.74. The molecule has 1 aromatic rings. The molecule has 1 amide bonds. The largest absolute Gasteiger partial charge is 0.480 e. The second-order valence-corrected chi connectivity index (χ2v) is 12.1. The molecule has 5 nitrogen and oxygen atoms in total. The van der Waals surface area contributed by atoms with Crippen molar-refractivity contribution in [1.82, 2.24) is 5.32 Å². The van der Waals surface area contributed by atoms with Gasteiger partial charge >= 0.3 is 5.97 Å². The first-order valence-electron chi connectivity index (χ1n) is 7.87. The summed E-state index contributed by atoms with van der Waals surface area (Å²) >= 11 is 0. The van der Waals surface area contributed by atoms with Crippen LogP contribution in [0, 0.1) is 5.82 Å². The van der Waals surface area contributed by atoms with Crippen LogP contribution in [-0.4, -0.2) is 37.9 Å². The zero-order valence-electron chi connectivity index (χ0n) is 14.9. The van der Waals surface area contributed by atoms with Crippen LogP contribution >= 0.6 is 0 Å². The number of amides is 1. The van der Waals surface area contributed by atoms with Gasteiger partial charge < -0.3 is 14.8 Å². The summed E-state index contributed by atoms with van der Waals surface area (Å²) in [6, 6.07) is 4.05. The number of carbonyl (C=O) groups is 2. The first-order valence-corrected chi connectivity index (χ1v) is 10.8. The van der Waals surface area contributed by atoms with Crippen LogP contribution in [0.5, 0.6) is 0 Å². The fraction of sp³-hybridized carbons (Fsp3) is 0.529. The van der Waals surface area contributed by atoms with Crippen molar-refractivity contribution in [3.05, 3.63) is 35.6 Å². The fourth-order valence-electron chi connectivity index (χ4n) is 1.78. The molecule has 0 aromatic heterocycles. The number of aliphatic carboxylic acids is 1. The van der Waals surface area contributed by atoms with Gasteiger partial charge in [-0.1, -0.05) is 26.8 Å². The molecule has 1 aromatic carbocycles. The maximum atomic E-state index is 13.2. The predicted octanol–water partition coefficient (Wildman–Crippen LogP) is 3.42. The molecule has 1 rings (SSSR count). The molecule has 0 bridgehead atoms. The first-order chi connectivity index (χ1) is 10.9. The Balaban J connectivity index is 2.65. The number of nitrogens with one attached hydrogen (secondary N) is 1. The average molecular weight is 355 g/mol. The molecule has 7 heteroatoms. The Morgan fingerprint density at radius 3 is 2.46 bits per heavy atom. The molecule has 0 aliphatic carbocycles. The monoisotopic (exact) mass is 355 g/mol. The number of hydrogen-bond acceptors (Lipinski definition) is 3. The Kier molecular flexibility index (Phi) is 6.68. The number of hydrogen-bond donors (Lipinski definition) is 2. The van der Waals surface area contributed by atoms with E-state index in [9.17, 15) is 19.1 Å². The fourth-order valence-corrected chi connectivity index (χ4v) is 2.84. The Morgan fingerprint density at radius 1 is 1.33 bits per heavy atom. The number of carboxylic acid groups (broad SMARTS) is 1. The Labute approximate surface area is 143 Å². The lowest BCUT2D eigenvalue weighted by Gasteiger charge is -2.36. The average Bonchev–Trinajstić information content (AvgIpc) is 2.44. The molecule has 24 heavy (non-hydrogen) atoms. The molecule has 0 radical (unpaired) electrons. The van der Waals surface area contributed by atoms with Gasteiger partial charge in [-0.15, -0.1) is 0 Å². The number of benzene rings is 1. The van der Waals surface area contributed by atoms with Gasteiger partial charge in [0.25, 0.3) is 5.91 Å². The second kappa shape index (κ2) is 7.89. The van der Waals surface area contributed by atoms with Crippen LogP contribution in [0.4, 0.5) is 4.39 Å². The van der Waals surface area contributed by atoms with Crippen LogP contribution in [0.1, 0.15) is 37.6 Å². The Morgan fingerprint density at radius 2 is 1.96 bits per heavy atom. The summed E-state index contributed by atoms with van der Waals surface area (Å²) in [6.45, 7) is 10.7. The van der Waals surface area contributed by atoms with Crippen molar-refractivity contribution >= 4 is 20.2 Å². The van der Waals surface area contributed by atoms with Crippen molar-refractivity contribution in [3.8, 4) is 0 Å². The number of rotatable bonds is 7. The summed E-state index contributed by atoms with van der Waals surface area (Å²) in [7, 11) is -1.97. The molecule has 0 fully saturated rings. The lowest BCUT2D eigenvalue weighted by atomic mass is 10.1. The van der Waals surface area contributed by atoms with Gasteiger partial charge in [0.2, 0.25) is 0 Å². The maximum Gasteiger partial charge on any atom is 0.326 e. The molecule has 1 atom stereocenters. The van der Waals surface area contributed by atoms with Crippen LogP contribution in [-0.2, 0) is 9.22 Å². The van der Waals surface area contributed by atoms with E-state index in [1.807, 2.05) is 0 Å². The van der Waals surface area contributed by atoms with Crippen molar-refractivity contribution in [1.29, 1.82) is 0 Å². The Bertz CT molecular complexity index is 598. The van der Waals surface area contributed by atoms with E-state index in [1.54, 1.807) is 0 Å². The van der Waals surface area contributed by atoms with E-state index < -0.39 is 32.1 Å². The van der Waals surface area contributed by atoms with Gasteiger partial charge in [0.15, 0.2) is 8.32 Å². The topological polar surface area (TPSA) is 75.6 Å². The zero-order chi connectivity index (χ0) is 18.5. The van der Waals surface area contributed by atoms with E-state index in [2.05, 4.69) is 39.2 Å². The van der Waals surface area contributed by atoms with Crippen molar-refractivity contribution in [2.75, 3.05) is 6.61 Å². The number of carbonyl (C=O) groups excluding carboxylic acids is 1. The number of halogens is 1. The van der Waals surface area contributed by atoms with Gasteiger partial charge in [0.1, 0.15) is 11.9 Å². The molecular weight excluding hydrogens is 329 g/mol. The highest BCUT2D eigenvalue weighted by Crippen LogP contribution is 2.36. The van der Waals surface area contributed by atoms with E-state index >= 15 is 0 Å². The van der Waals surface area contributed by atoms with Crippen LogP contribution in [0.25, 0.3) is 0 Å². The van der Waals surface area contributed by atoms with Gasteiger partial charge in [-0.05, 0) is 36.3 Å². The summed E-state index contributed by atoms with van der Waals surface area (Å²) in [5.41, 5.74) is 0.0894. The summed E-state index contributed by atoms with van der Waals surface area (Å²) in [6.07, 6.45) is 0.156. The molecule has 0 saturated carbocycles. The lowest BCUT2D eigenvalue weighted by Crippen LogP contribution is -2.44. The first kappa shape index (κ1) is 20.3. The van der Waals surface area contributed by atoms with Crippen LogP contribution in [0.15, 0.2) is 24.3 Å². The molecule has 134 valence electrons. The van der Waals surface area contributed by atoms with Gasteiger partial charge in [-0.3, -0.25) is 4.79 Å². The summed E-state index contributed by atoms with van der Waals surface area (Å²) in [4.78, 5) is 23.4. The van der Waals surface area contributed by atoms with Gasteiger partial charge in [-0.25, -0.2) is 9.18 Å². The normalized spacial score (nSPS) is 13.4. The molecule has 0 aliphatic rings. The third-order valence-electron chi connectivity index (χ3n) is 4.37. The smallest absolute Gasteiger partial charge is 0.326 e. The predicted molar refractivity (Wildman–Crippen MR) is 93.1 cm³/mol. The zero-order valence-corrected chi connectivity index (χ0v) is 15.9. The van der Waals surface area contributed by atoms with E-state index in [4.69, 9.17) is 4.43 Å². The van der Waals surface area contributed by atoms with Crippen molar-refractivity contribution in [2.24, 2.45) is 0 Å². The molecule has 2 N–H and O–H groups in total. The minimum absolute atomic E-state index is 0.0243. The molecular formula is C17H26FNO4Si. The summed E-state index contributed by atoms with van der Waals surface area (Å²) < 4.78 is 19.1. The second-order valence-electron chi connectivity index (χ2n) is 7.27. The third kappa shape index (κ3) is 5.72. The summed E-state index contributed by atoms with van der Waals surface area (Å²) in [5, 5.41) is 11.7. The highest BCUT2D eigenvalue weighted by Gasteiger charge is 2.37. The van der Waals surface area contributed by atoms with Crippen molar-refractivity contribution in [3.63, 3.8) is 0 Å². The van der Waals surface area contributed by atoms with E-state index in [0.717, 1.165) is 6.07 Å². The third-order valence-corrected chi connectivity index (χ3v) is 8.90. The SMILES string of the molecule is CC(C)(C)[Si](C)(C)OCC[C@H](NC(=O)c1cccc(F)c1)C(=O)O. The quantitative estimate of drug-likeness (QED) is 0.735. The molecule has 0 unspecified atom stereocenters. The van der Waals surface area contributed by atoms with Crippen molar-refractivity contribution in [2.45, 2.75) is 51.4 Å². The lowest BCUT2D eigenvalue weighted by molar-refractivity contribution is -0.139. The highest BCUT2D eigenvalue weighted by atomic mass is 28.4. The number of carboxylic acids is 1. The Hall–Kier alpha value is -1.73. The molecule has 0 heterocycles. The van der Waals surface area contributed by atoms with Gasteiger partial charge in [0.05, 0.1) is 0 Å². The van der Waals surface area contributed by atoms with Gasteiger partial charge in [-0.2, -0.15) is 0 Å². The minimum Gasteiger partial charge on any atom is -0.480 e. The van der Waals surface area contributed by atoms with E-state index in [1.165, 1.54) is 18.2 Å². The van der Waals surface area contributed by atoms with E-state index in [-0.39, 0.29) is 23.6 Å². The van der Waals surface area contributed by atoms with Crippen LogP contribution in [0.3, 0.4) is 0 Å². The van der Waals surface area contributed by atoms with Crippen molar-refractivity contribution < 1.29 is 23.5 Å².